The quantitative estimate of drug-likeness (QED) is 0.600. The molecule has 0 aliphatic rings. The number of ether oxygens (including phenoxy) is 1. The highest BCUT2D eigenvalue weighted by Crippen LogP contribution is 2.16. The molecule has 1 N–H and O–H groups in total. The first-order chi connectivity index (χ1) is 13.8. The van der Waals surface area contributed by atoms with Gasteiger partial charge < -0.3 is 15.0 Å². The Labute approximate surface area is 181 Å². The number of carbonyl (C=O) groups excluding carboxylic acids is 2. The van der Waals surface area contributed by atoms with Crippen LogP contribution < -0.4 is 10.1 Å². The molecule has 156 valence electrons. The number of amides is 2. The van der Waals surface area contributed by atoms with Crippen molar-refractivity contribution in [2.75, 3.05) is 6.61 Å². The van der Waals surface area contributed by atoms with Gasteiger partial charge in [-0.05, 0) is 57.0 Å². The van der Waals surface area contributed by atoms with Gasteiger partial charge in [0.15, 0.2) is 6.61 Å². The molecule has 5 nitrogen and oxygen atoms in total. The second kappa shape index (κ2) is 11.0. The first kappa shape index (κ1) is 22.9. The number of aryl methyl sites for hydroxylation is 1. The molecule has 2 amide bonds. The maximum absolute atomic E-state index is 13.0. The molecule has 0 heterocycles. The smallest absolute Gasteiger partial charge is 0.261 e. The lowest BCUT2D eigenvalue weighted by Gasteiger charge is -2.29. The third-order valence-electron chi connectivity index (χ3n) is 4.82. The summed E-state index contributed by atoms with van der Waals surface area (Å²) >= 11 is 3.42. The van der Waals surface area contributed by atoms with Crippen LogP contribution >= 0.6 is 15.9 Å². The lowest BCUT2D eigenvalue weighted by Crippen LogP contribution is -2.50. The Morgan fingerprint density at radius 3 is 2.28 bits per heavy atom. The van der Waals surface area contributed by atoms with Crippen molar-refractivity contribution >= 4 is 27.7 Å². The van der Waals surface area contributed by atoms with E-state index in [1.165, 1.54) is 0 Å². The van der Waals surface area contributed by atoms with Crippen LogP contribution in [0.4, 0.5) is 0 Å². The van der Waals surface area contributed by atoms with Gasteiger partial charge >= 0.3 is 0 Å². The number of halogens is 1. The third kappa shape index (κ3) is 7.20. The second-order valence-electron chi connectivity index (χ2n) is 7.24. The molecule has 6 heteroatoms. The maximum atomic E-state index is 13.0. The standard InChI is InChI=1S/C23H29BrN2O3/c1-5-17(3)25-23(28)18(4)26(14-19-8-10-20(24)11-9-19)22(27)15-29-21-12-6-16(2)7-13-21/h6-13,17-18H,5,14-15H2,1-4H3,(H,25,28)/t17-,18+/m0/s1. The van der Waals surface area contributed by atoms with Crippen molar-refractivity contribution in [1.82, 2.24) is 10.2 Å². The maximum Gasteiger partial charge on any atom is 0.261 e. The van der Waals surface area contributed by atoms with Crippen molar-refractivity contribution in [2.24, 2.45) is 0 Å². The van der Waals surface area contributed by atoms with Crippen LogP contribution in [-0.4, -0.2) is 35.4 Å². The van der Waals surface area contributed by atoms with Crippen LogP contribution in [0.2, 0.25) is 0 Å². The Morgan fingerprint density at radius 2 is 1.69 bits per heavy atom. The van der Waals surface area contributed by atoms with E-state index >= 15 is 0 Å². The average Bonchev–Trinajstić information content (AvgIpc) is 2.72. The summed E-state index contributed by atoms with van der Waals surface area (Å²) in [5.74, 6) is 0.227. The summed E-state index contributed by atoms with van der Waals surface area (Å²) in [7, 11) is 0. The Hall–Kier alpha value is -2.34. The highest BCUT2D eigenvalue weighted by Gasteiger charge is 2.27. The molecule has 0 aliphatic heterocycles. The molecule has 0 aliphatic carbocycles. The highest BCUT2D eigenvalue weighted by molar-refractivity contribution is 9.10. The van der Waals surface area contributed by atoms with Crippen molar-refractivity contribution < 1.29 is 14.3 Å². The molecule has 0 saturated carbocycles. The molecule has 0 unspecified atom stereocenters. The number of benzene rings is 2. The molecule has 2 rings (SSSR count). The van der Waals surface area contributed by atoms with Crippen LogP contribution in [0.3, 0.4) is 0 Å². The number of rotatable bonds is 9. The molecule has 0 fully saturated rings. The zero-order chi connectivity index (χ0) is 21.4. The largest absolute Gasteiger partial charge is 0.484 e. The summed E-state index contributed by atoms with van der Waals surface area (Å²) in [5.41, 5.74) is 2.07. The normalized spacial score (nSPS) is 12.7. The number of hydrogen-bond acceptors (Lipinski definition) is 3. The molecule has 2 aromatic rings. The van der Waals surface area contributed by atoms with Gasteiger partial charge in [-0.2, -0.15) is 0 Å². The van der Waals surface area contributed by atoms with Gasteiger partial charge in [0.1, 0.15) is 11.8 Å². The second-order valence-corrected chi connectivity index (χ2v) is 8.16. The Bertz CT molecular complexity index is 806. The van der Waals surface area contributed by atoms with Crippen LogP contribution in [0.25, 0.3) is 0 Å². The molecule has 0 spiro atoms. The van der Waals surface area contributed by atoms with E-state index in [9.17, 15) is 9.59 Å². The van der Waals surface area contributed by atoms with E-state index in [0.717, 1.165) is 22.0 Å². The summed E-state index contributed by atoms with van der Waals surface area (Å²) in [6, 6.07) is 14.7. The van der Waals surface area contributed by atoms with Gasteiger partial charge in [-0.3, -0.25) is 9.59 Å². The Kier molecular flexibility index (Phi) is 8.70. The fourth-order valence-corrected chi connectivity index (χ4v) is 2.96. The lowest BCUT2D eigenvalue weighted by molar-refractivity contribution is -0.142. The van der Waals surface area contributed by atoms with Gasteiger partial charge in [0, 0.05) is 17.1 Å². The minimum atomic E-state index is -0.609. The highest BCUT2D eigenvalue weighted by atomic mass is 79.9. The number of nitrogens with zero attached hydrogens (tertiary/aromatic N) is 1. The topological polar surface area (TPSA) is 58.6 Å². The summed E-state index contributed by atoms with van der Waals surface area (Å²) in [5, 5.41) is 2.96. The van der Waals surface area contributed by atoms with Crippen molar-refractivity contribution in [2.45, 2.75) is 52.7 Å². The summed E-state index contributed by atoms with van der Waals surface area (Å²) in [6.07, 6.45) is 0.829. The zero-order valence-corrected chi connectivity index (χ0v) is 19.0. The zero-order valence-electron chi connectivity index (χ0n) is 17.4. The first-order valence-electron chi connectivity index (χ1n) is 9.84. The van der Waals surface area contributed by atoms with Gasteiger partial charge in [-0.1, -0.05) is 52.7 Å². The SMILES string of the molecule is CC[C@H](C)NC(=O)[C@@H](C)N(Cc1ccc(Br)cc1)C(=O)COc1ccc(C)cc1. The van der Waals surface area contributed by atoms with Crippen LogP contribution in [0.15, 0.2) is 53.0 Å². The van der Waals surface area contributed by atoms with Gasteiger partial charge in [0.25, 0.3) is 5.91 Å². The van der Waals surface area contributed by atoms with Gasteiger partial charge in [-0.15, -0.1) is 0 Å². The third-order valence-corrected chi connectivity index (χ3v) is 5.35. The van der Waals surface area contributed by atoms with Gasteiger partial charge in [0.2, 0.25) is 5.91 Å². The first-order valence-corrected chi connectivity index (χ1v) is 10.6. The van der Waals surface area contributed by atoms with Crippen LogP contribution in [0.1, 0.15) is 38.3 Å². The average molecular weight is 461 g/mol. The molecule has 0 aromatic heterocycles. The molecular formula is C23H29BrN2O3. The predicted molar refractivity (Wildman–Crippen MR) is 119 cm³/mol. The van der Waals surface area contributed by atoms with Crippen molar-refractivity contribution in [1.29, 1.82) is 0 Å². The van der Waals surface area contributed by atoms with Crippen LogP contribution in [0, 0.1) is 6.92 Å². The summed E-state index contributed by atoms with van der Waals surface area (Å²) < 4.78 is 6.62. The van der Waals surface area contributed by atoms with E-state index < -0.39 is 6.04 Å². The monoisotopic (exact) mass is 460 g/mol. The fraction of sp³-hybridized carbons (Fsp3) is 0.391. The Balaban J connectivity index is 2.13. The minimum Gasteiger partial charge on any atom is -0.484 e. The summed E-state index contributed by atoms with van der Waals surface area (Å²) in [4.78, 5) is 27.2. The van der Waals surface area contributed by atoms with Crippen molar-refractivity contribution in [3.63, 3.8) is 0 Å². The molecular weight excluding hydrogens is 432 g/mol. The van der Waals surface area contributed by atoms with Gasteiger partial charge in [0.05, 0.1) is 0 Å². The van der Waals surface area contributed by atoms with Crippen molar-refractivity contribution in [3.8, 4) is 5.75 Å². The van der Waals surface area contributed by atoms with E-state index in [1.54, 1.807) is 11.8 Å². The molecule has 29 heavy (non-hydrogen) atoms. The molecule has 0 radical (unpaired) electrons. The van der Waals surface area contributed by atoms with E-state index in [2.05, 4.69) is 21.2 Å². The molecule has 2 aromatic carbocycles. The molecule has 0 saturated heterocycles. The van der Waals surface area contributed by atoms with E-state index in [-0.39, 0.29) is 24.5 Å². The minimum absolute atomic E-state index is 0.0541. The molecule has 2 atom stereocenters. The number of carbonyl (C=O) groups is 2. The van der Waals surface area contributed by atoms with Crippen LogP contribution in [0.5, 0.6) is 5.75 Å². The summed E-state index contributed by atoms with van der Waals surface area (Å²) in [6.45, 7) is 7.91. The fourth-order valence-electron chi connectivity index (χ4n) is 2.70. The number of hydrogen-bond donors (Lipinski definition) is 1. The van der Waals surface area contributed by atoms with E-state index in [4.69, 9.17) is 4.74 Å². The van der Waals surface area contributed by atoms with E-state index in [0.29, 0.717) is 12.3 Å². The van der Waals surface area contributed by atoms with Crippen molar-refractivity contribution in [3.05, 3.63) is 64.1 Å². The lowest BCUT2D eigenvalue weighted by atomic mass is 10.1. The Morgan fingerprint density at radius 1 is 1.07 bits per heavy atom. The van der Waals surface area contributed by atoms with Crippen LogP contribution in [-0.2, 0) is 16.1 Å². The number of nitrogens with one attached hydrogen (secondary N) is 1. The molecule has 0 bridgehead atoms. The van der Waals surface area contributed by atoms with E-state index in [1.807, 2.05) is 69.3 Å². The predicted octanol–water partition coefficient (Wildman–Crippen LogP) is 4.47. The van der Waals surface area contributed by atoms with Gasteiger partial charge in [-0.25, -0.2) is 0 Å².